The Morgan fingerprint density at radius 1 is 0.763 bits per heavy atom. The number of anilines is 2. The van der Waals surface area contributed by atoms with E-state index in [1.807, 2.05) is 14.1 Å². The van der Waals surface area contributed by atoms with Gasteiger partial charge in [0.15, 0.2) is 16.1 Å². The second kappa shape index (κ2) is 12.8. The highest BCUT2D eigenvalue weighted by Crippen LogP contribution is 2.36. The van der Waals surface area contributed by atoms with Gasteiger partial charge in [0.2, 0.25) is 0 Å². The third-order valence-electron chi connectivity index (χ3n) is 6.07. The van der Waals surface area contributed by atoms with E-state index in [1.54, 1.807) is 0 Å². The molecule has 2 aromatic heterocycles. The summed E-state index contributed by atoms with van der Waals surface area (Å²) < 4.78 is 76.7. The summed E-state index contributed by atoms with van der Waals surface area (Å²) in [5.41, 5.74) is -1.84. The highest BCUT2D eigenvalue weighted by Gasteiger charge is 2.36. The smallest absolute Gasteiger partial charge is 0.365 e. The fourth-order valence-corrected chi connectivity index (χ4v) is 4.65. The van der Waals surface area contributed by atoms with Gasteiger partial charge in [0.1, 0.15) is 11.4 Å². The molecule has 212 valence electrons. The molecule has 2 aromatic rings. The molecule has 4 rings (SSSR count). The SMILES string of the molecule is CN1CCC[C@@H](Nc2cc(C(F)(F)F)c(Cl)nn2)C1.CN1CCC[C@@H](Nc2nnc(Cl)cc2C(F)(F)F)C1. The Labute approximate surface area is 226 Å². The number of piperidine rings is 2. The lowest BCUT2D eigenvalue weighted by atomic mass is 10.1. The molecule has 0 unspecified atom stereocenters. The van der Waals surface area contributed by atoms with Crippen LogP contribution in [-0.2, 0) is 12.4 Å². The summed E-state index contributed by atoms with van der Waals surface area (Å²) in [6.45, 7) is 3.40. The maximum absolute atomic E-state index is 12.9. The van der Waals surface area contributed by atoms with Crippen LogP contribution in [0.5, 0.6) is 0 Å². The zero-order valence-corrected chi connectivity index (χ0v) is 22.2. The Kier molecular flexibility index (Phi) is 10.2. The number of hydrogen-bond donors (Lipinski definition) is 2. The molecule has 0 spiro atoms. The van der Waals surface area contributed by atoms with Gasteiger partial charge < -0.3 is 20.4 Å². The van der Waals surface area contributed by atoms with Gasteiger partial charge in [-0.05, 0) is 65.0 Å². The quantitative estimate of drug-likeness (QED) is 0.465. The van der Waals surface area contributed by atoms with E-state index in [2.05, 4.69) is 40.8 Å². The van der Waals surface area contributed by atoms with E-state index in [9.17, 15) is 26.3 Å². The van der Waals surface area contributed by atoms with E-state index in [1.165, 1.54) is 0 Å². The van der Waals surface area contributed by atoms with Crippen molar-refractivity contribution in [3.8, 4) is 0 Å². The molecule has 38 heavy (non-hydrogen) atoms. The molecule has 0 radical (unpaired) electrons. The lowest BCUT2D eigenvalue weighted by Crippen LogP contribution is -2.40. The minimum atomic E-state index is -4.52. The zero-order chi connectivity index (χ0) is 28.1. The third-order valence-corrected chi connectivity index (χ3v) is 6.53. The van der Waals surface area contributed by atoms with Crippen molar-refractivity contribution in [2.75, 3.05) is 50.9 Å². The highest BCUT2D eigenvalue weighted by molar-refractivity contribution is 6.30. The van der Waals surface area contributed by atoms with Crippen molar-refractivity contribution in [2.45, 2.75) is 50.1 Å². The predicted molar refractivity (Wildman–Crippen MR) is 132 cm³/mol. The van der Waals surface area contributed by atoms with Gasteiger partial charge in [-0.15, -0.1) is 20.4 Å². The van der Waals surface area contributed by atoms with Crippen LogP contribution in [0.2, 0.25) is 10.3 Å². The van der Waals surface area contributed by atoms with Gasteiger partial charge >= 0.3 is 12.4 Å². The van der Waals surface area contributed by atoms with Crippen molar-refractivity contribution in [1.29, 1.82) is 0 Å². The monoisotopic (exact) mass is 588 g/mol. The minimum Gasteiger partial charge on any atom is -0.365 e. The first-order chi connectivity index (χ1) is 17.7. The molecular formula is C22H28Cl2F6N8. The molecule has 2 fully saturated rings. The van der Waals surface area contributed by atoms with Crippen molar-refractivity contribution in [3.05, 3.63) is 33.6 Å². The summed E-state index contributed by atoms with van der Waals surface area (Å²) in [7, 11) is 3.91. The van der Waals surface area contributed by atoms with Crippen LogP contribution in [-0.4, -0.2) is 82.6 Å². The average Bonchev–Trinajstić information content (AvgIpc) is 2.81. The number of nitrogens with zero attached hydrogens (tertiary/aromatic N) is 6. The van der Waals surface area contributed by atoms with Gasteiger partial charge in [-0.25, -0.2) is 0 Å². The van der Waals surface area contributed by atoms with Crippen LogP contribution >= 0.6 is 23.2 Å². The number of alkyl halides is 6. The fraction of sp³-hybridized carbons (Fsp3) is 0.636. The summed E-state index contributed by atoms with van der Waals surface area (Å²) in [4.78, 5) is 4.19. The maximum atomic E-state index is 12.9. The van der Waals surface area contributed by atoms with E-state index in [0.29, 0.717) is 6.54 Å². The standard InChI is InChI=1S/2C11H14ClF3N4/c1-19-4-2-3-7(6-19)16-9-5-8(11(13,14)15)10(12)18-17-9;1-19-4-2-3-7(6-19)16-10-8(11(13,14)15)5-9(12)17-18-10/h5,7H,2-4,6H2,1H3,(H,16,17);5,7H,2-4,6H2,1H3,(H,16,18)/t2*7-/m11/s1. The second-order valence-electron chi connectivity index (χ2n) is 9.35. The van der Waals surface area contributed by atoms with Gasteiger partial charge in [-0.1, -0.05) is 23.2 Å². The number of hydrogen-bond acceptors (Lipinski definition) is 8. The molecule has 8 nitrogen and oxygen atoms in total. The van der Waals surface area contributed by atoms with Crippen LogP contribution in [0.4, 0.5) is 38.0 Å². The van der Waals surface area contributed by atoms with Crippen molar-refractivity contribution in [3.63, 3.8) is 0 Å². The van der Waals surface area contributed by atoms with Crippen molar-refractivity contribution in [1.82, 2.24) is 30.2 Å². The van der Waals surface area contributed by atoms with Crippen LogP contribution in [0.15, 0.2) is 12.1 Å². The van der Waals surface area contributed by atoms with Gasteiger partial charge in [-0.2, -0.15) is 26.3 Å². The molecule has 4 heterocycles. The average molecular weight is 589 g/mol. The summed E-state index contributed by atoms with van der Waals surface area (Å²) >= 11 is 10.9. The largest absolute Gasteiger partial charge is 0.420 e. The number of halogens is 8. The summed E-state index contributed by atoms with van der Waals surface area (Å²) in [6.07, 6.45) is -5.37. The molecule has 2 aliphatic rings. The molecule has 0 saturated carbocycles. The minimum absolute atomic E-state index is 0.0599. The molecule has 16 heteroatoms. The number of aromatic nitrogens is 4. The topological polar surface area (TPSA) is 82.1 Å². The van der Waals surface area contributed by atoms with E-state index >= 15 is 0 Å². The molecule has 2 aliphatic heterocycles. The number of nitrogens with one attached hydrogen (secondary N) is 2. The van der Waals surface area contributed by atoms with E-state index in [0.717, 1.165) is 57.5 Å². The van der Waals surface area contributed by atoms with Gasteiger partial charge in [-0.3, -0.25) is 0 Å². The van der Waals surface area contributed by atoms with E-state index < -0.39 is 28.6 Å². The van der Waals surface area contributed by atoms with Crippen LogP contribution in [0, 0.1) is 0 Å². The highest BCUT2D eigenvalue weighted by atomic mass is 35.5. The van der Waals surface area contributed by atoms with Gasteiger partial charge in [0.05, 0.1) is 5.56 Å². The Balaban J connectivity index is 0.000000211. The molecule has 0 bridgehead atoms. The van der Waals surface area contributed by atoms with Gasteiger partial charge in [0.25, 0.3) is 0 Å². The van der Waals surface area contributed by atoms with E-state index in [-0.39, 0.29) is 28.9 Å². The van der Waals surface area contributed by atoms with Crippen LogP contribution in [0.1, 0.15) is 36.8 Å². The molecule has 2 saturated heterocycles. The summed E-state index contributed by atoms with van der Waals surface area (Å²) in [6, 6.07) is 1.72. The molecule has 2 atom stereocenters. The first-order valence-electron chi connectivity index (χ1n) is 11.8. The number of rotatable bonds is 4. The fourth-order valence-electron chi connectivity index (χ4n) is 4.31. The predicted octanol–water partition coefficient (Wildman–Crippen LogP) is 5.31. The second-order valence-corrected chi connectivity index (χ2v) is 10.1. The van der Waals surface area contributed by atoms with Crippen LogP contribution in [0.25, 0.3) is 0 Å². The number of likely N-dealkylation sites (tertiary alicyclic amines) is 2. The Bertz CT molecular complexity index is 1070. The number of likely N-dealkylation sites (N-methyl/N-ethyl adjacent to an activating group) is 2. The van der Waals surface area contributed by atoms with Crippen molar-refractivity contribution in [2.24, 2.45) is 0 Å². The normalized spacial score (nSPS) is 21.4. The summed E-state index contributed by atoms with van der Waals surface area (Å²) in [5, 5.41) is 18.9. The Morgan fingerprint density at radius 3 is 1.84 bits per heavy atom. The maximum Gasteiger partial charge on any atom is 0.420 e. The summed E-state index contributed by atoms with van der Waals surface area (Å²) in [5.74, 6) is -0.144. The van der Waals surface area contributed by atoms with Crippen molar-refractivity contribution >= 4 is 34.8 Å². The van der Waals surface area contributed by atoms with Crippen LogP contribution < -0.4 is 10.6 Å². The first-order valence-corrected chi connectivity index (χ1v) is 12.6. The molecule has 0 amide bonds. The van der Waals surface area contributed by atoms with Crippen molar-refractivity contribution < 1.29 is 26.3 Å². The molecule has 2 N–H and O–H groups in total. The Morgan fingerprint density at radius 2 is 1.32 bits per heavy atom. The van der Waals surface area contributed by atoms with E-state index in [4.69, 9.17) is 23.2 Å². The lowest BCUT2D eigenvalue weighted by Gasteiger charge is -2.30. The van der Waals surface area contributed by atoms with Gasteiger partial charge in [0, 0.05) is 25.2 Å². The molecular weight excluding hydrogens is 561 g/mol. The third kappa shape index (κ3) is 8.95. The lowest BCUT2D eigenvalue weighted by molar-refractivity contribution is -0.138. The first kappa shape index (κ1) is 30.4. The molecule has 0 aromatic carbocycles. The Hall–Kier alpha value is -2.16. The molecule has 0 aliphatic carbocycles. The zero-order valence-electron chi connectivity index (χ0n) is 20.7. The van der Waals surface area contributed by atoms with Crippen LogP contribution in [0.3, 0.4) is 0 Å².